The van der Waals surface area contributed by atoms with E-state index in [9.17, 15) is 4.79 Å². The fourth-order valence-corrected chi connectivity index (χ4v) is 5.89. The van der Waals surface area contributed by atoms with Gasteiger partial charge in [0.15, 0.2) is 0 Å². The monoisotopic (exact) mass is 490 g/mol. The van der Waals surface area contributed by atoms with Gasteiger partial charge in [0.25, 0.3) is 5.91 Å². The Kier molecular flexibility index (Phi) is 7.66. The summed E-state index contributed by atoms with van der Waals surface area (Å²) in [6, 6.07) is 18.4. The van der Waals surface area contributed by atoms with Crippen molar-refractivity contribution in [3.8, 4) is 5.75 Å². The van der Waals surface area contributed by atoms with Gasteiger partial charge in [-0.3, -0.25) is 14.6 Å². The standard InChI is InChI=1S/C28H34N4O2S/c1-34-27-8-3-2-7-26(27)28(33)29-23-5-4-6-25(19-23)31-12-9-24(10-13-31)32-16-14-30(15-17-32)20-22-11-18-35-21-22/h2-8,11,18-19,21,24H,9-10,12-17,20H2,1H3,(H,29,33). The summed E-state index contributed by atoms with van der Waals surface area (Å²) in [5, 5.41) is 7.47. The number of rotatable bonds is 7. The number of carbonyl (C=O) groups excluding carboxylic acids is 1. The molecule has 0 atom stereocenters. The van der Waals surface area contributed by atoms with Crippen LogP contribution in [0.15, 0.2) is 65.4 Å². The number of piperazine rings is 1. The Balaban J connectivity index is 1.12. The van der Waals surface area contributed by atoms with Crippen LogP contribution < -0.4 is 15.0 Å². The molecule has 1 N–H and O–H groups in total. The highest BCUT2D eigenvalue weighted by Crippen LogP contribution is 2.27. The van der Waals surface area contributed by atoms with Gasteiger partial charge < -0.3 is 15.0 Å². The van der Waals surface area contributed by atoms with Crippen LogP contribution >= 0.6 is 11.3 Å². The molecule has 0 spiro atoms. The summed E-state index contributed by atoms with van der Waals surface area (Å²) in [6.45, 7) is 7.82. The predicted octanol–water partition coefficient (Wildman–Crippen LogP) is 4.80. The quantitative estimate of drug-likeness (QED) is 0.516. The number of benzene rings is 2. The van der Waals surface area contributed by atoms with Crippen molar-refractivity contribution in [2.75, 3.05) is 56.6 Å². The lowest BCUT2D eigenvalue weighted by Gasteiger charge is -2.43. The van der Waals surface area contributed by atoms with Crippen LogP contribution in [-0.2, 0) is 6.54 Å². The van der Waals surface area contributed by atoms with Crippen molar-refractivity contribution in [3.63, 3.8) is 0 Å². The molecule has 2 saturated heterocycles. The van der Waals surface area contributed by atoms with Crippen LogP contribution in [0.25, 0.3) is 0 Å². The summed E-state index contributed by atoms with van der Waals surface area (Å²) in [5.41, 5.74) is 3.96. The highest BCUT2D eigenvalue weighted by Gasteiger charge is 2.27. The van der Waals surface area contributed by atoms with Crippen molar-refractivity contribution in [2.24, 2.45) is 0 Å². The van der Waals surface area contributed by atoms with Crippen LogP contribution in [0.2, 0.25) is 0 Å². The Labute approximate surface area is 212 Å². The SMILES string of the molecule is COc1ccccc1C(=O)Nc1cccc(N2CCC(N3CCN(Cc4ccsc4)CC3)CC2)c1. The lowest BCUT2D eigenvalue weighted by molar-refractivity contribution is 0.0812. The topological polar surface area (TPSA) is 48.1 Å². The van der Waals surface area contributed by atoms with Gasteiger partial charge in [0.2, 0.25) is 0 Å². The molecule has 0 bridgehead atoms. The summed E-state index contributed by atoms with van der Waals surface area (Å²) in [4.78, 5) is 20.5. The van der Waals surface area contributed by atoms with E-state index in [-0.39, 0.29) is 5.91 Å². The Morgan fingerprint density at radius 2 is 1.80 bits per heavy atom. The third-order valence-corrected chi connectivity index (χ3v) is 7.93. The molecule has 2 aliphatic heterocycles. The molecule has 3 heterocycles. The number of carbonyl (C=O) groups is 1. The number of para-hydroxylation sites is 1. The smallest absolute Gasteiger partial charge is 0.259 e. The molecule has 35 heavy (non-hydrogen) atoms. The van der Waals surface area contributed by atoms with Gasteiger partial charge in [0.1, 0.15) is 5.75 Å². The highest BCUT2D eigenvalue weighted by molar-refractivity contribution is 7.07. The van der Waals surface area contributed by atoms with Crippen molar-refractivity contribution in [3.05, 3.63) is 76.5 Å². The third kappa shape index (κ3) is 5.86. The fraction of sp³-hybridized carbons (Fsp3) is 0.393. The zero-order valence-electron chi connectivity index (χ0n) is 20.4. The van der Waals surface area contributed by atoms with E-state index in [0.717, 1.165) is 38.4 Å². The van der Waals surface area contributed by atoms with Crippen molar-refractivity contribution in [1.82, 2.24) is 9.80 Å². The summed E-state index contributed by atoms with van der Waals surface area (Å²) >= 11 is 1.79. The van der Waals surface area contributed by atoms with Crippen molar-refractivity contribution in [1.29, 1.82) is 0 Å². The lowest BCUT2D eigenvalue weighted by Crippen LogP contribution is -2.53. The minimum Gasteiger partial charge on any atom is -0.496 e. The van der Waals surface area contributed by atoms with Crippen LogP contribution in [0.3, 0.4) is 0 Å². The average Bonchev–Trinajstić information content (AvgIpc) is 3.42. The molecule has 6 nitrogen and oxygen atoms in total. The van der Waals surface area contributed by atoms with E-state index in [1.54, 1.807) is 30.6 Å². The first-order chi connectivity index (χ1) is 17.2. The summed E-state index contributed by atoms with van der Waals surface area (Å²) in [6.07, 6.45) is 2.37. The van der Waals surface area contributed by atoms with Gasteiger partial charge in [-0.05, 0) is 65.6 Å². The van der Waals surface area contributed by atoms with Crippen molar-refractivity contribution in [2.45, 2.75) is 25.4 Å². The molecule has 2 aromatic carbocycles. The number of hydrogen-bond donors (Lipinski definition) is 1. The summed E-state index contributed by atoms with van der Waals surface area (Å²) < 4.78 is 5.34. The van der Waals surface area contributed by atoms with Crippen molar-refractivity contribution < 1.29 is 9.53 Å². The number of thiophene rings is 1. The van der Waals surface area contributed by atoms with Gasteiger partial charge in [-0.15, -0.1) is 0 Å². The second kappa shape index (κ2) is 11.2. The Bertz CT molecular complexity index is 1100. The van der Waals surface area contributed by atoms with E-state index in [1.165, 1.54) is 37.2 Å². The van der Waals surface area contributed by atoms with E-state index in [1.807, 2.05) is 24.3 Å². The van der Waals surface area contributed by atoms with Crippen LogP contribution in [0, 0.1) is 0 Å². The highest BCUT2D eigenvalue weighted by atomic mass is 32.1. The Hall–Kier alpha value is -2.87. The Morgan fingerprint density at radius 1 is 1.00 bits per heavy atom. The molecular formula is C28H34N4O2S. The van der Waals surface area contributed by atoms with Gasteiger partial charge >= 0.3 is 0 Å². The number of piperidine rings is 1. The van der Waals surface area contributed by atoms with E-state index in [2.05, 4.69) is 49.0 Å². The second-order valence-electron chi connectivity index (χ2n) is 9.37. The van der Waals surface area contributed by atoms with E-state index < -0.39 is 0 Å². The molecule has 0 unspecified atom stereocenters. The summed E-state index contributed by atoms with van der Waals surface area (Å²) in [5.74, 6) is 0.423. The first-order valence-electron chi connectivity index (χ1n) is 12.5. The van der Waals surface area contributed by atoms with Gasteiger partial charge in [0, 0.05) is 63.2 Å². The first kappa shape index (κ1) is 23.9. The molecule has 5 rings (SSSR count). The number of nitrogens with one attached hydrogen (secondary N) is 1. The third-order valence-electron chi connectivity index (χ3n) is 7.19. The van der Waals surface area contributed by atoms with Gasteiger partial charge in [-0.1, -0.05) is 18.2 Å². The van der Waals surface area contributed by atoms with Gasteiger partial charge in [-0.25, -0.2) is 0 Å². The lowest BCUT2D eigenvalue weighted by atomic mass is 10.0. The maximum Gasteiger partial charge on any atom is 0.259 e. The van der Waals surface area contributed by atoms with Crippen LogP contribution in [0.5, 0.6) is 5.75 Å². The maximum absolute atomic E-state index is 12.8. The molecule has 184 valence electrons. The molecule has 2 aliphatic rings. The molecule has 2 fully saturated rings. The van der Waals surface area contributed by atoms with Crippen LogP contribution in [0.1, 0.15) is 28.8 Å². The summed E-state index contributed by atoms with van der Waals surface area (Å²) in [7, 11) is 1.58. The fourth-order valence-electron chi connectivity index (χ4n) is 5.23. The predicted molar refractivity (Wildman–Crippen MR) is 144 cm³/mol. The normalized spacial score (nSPS) is 17.9. The number of nitrogens with zero attached hydrogens (tertiary/aromatic N) is 3. The molecule has 3 aromatic rings. The van der Waals surface area contributed by atoms with Gasteiger partial charge in [0.05, 0.1) is 12.7 Å². The molecule has 0 saturated carbocycles. The number of hydrogen-bond acceptors (Lipinski definition) is 6. The minimum absolute atomic E-state index is 0.156. The average molecular weight is 491 g/mol. The molecule has 1 amide bonds. The zero-order chi connectivity index (χ0) is 24.0. The molecule has 7 heteroatoms. The molecular weight excluding hydrogens is 456 g/mol. The second-order valence-corrected chi connectivity index (χ2v) is 10.1. The molecule has 0 radical (unpaired) electrons. The molecule has 1 aromatic heterocycles. The zero-order valence-corrected chi connectivity index (χ0v) is 21.2. The minimum atomic E-state index is -0.156. The van der Waals surface area contributed by atoms with E-state index >= 15 is 0 Å². The van der Waals surface area contributed by atoms with E-state index in [4.69, 9.17) is 4.74 Å². The number of methoxy groups -OCH3 is 1. The van der Waals surface area contributed by atoms with Gasteiger partial charge in [-0.2, -0.15) is 11.3 Å². The number of ether oxygens (including phenoxy) is 1. The van der Waals surface area contributed by atoms with Crippen molar-refractivity contribution >= 4 is 28.6 Å². The van der Waals surface area contributed by atoms with Crippen LogP contribution in [0.4, 0.5) is 11.4 Å². The maximum atomic E-state index is 12.8. The molecule has 0 aliphatic carbocycles. The van der Waals surface area contributed by atoms with E-state index in [0.29, 0.717) is 17.4 Å². The first-order valence-corrected chi connectivity index (χ1v) is 13.4. The number of anilines is 2. The Morgan fingerprint density at radius 3 is 2.54 bits per heavy atom. The van der Waals surface area contributed by atoms with Crippen LogP contribution in [-0.4, -0.2) is 68.1 Å². The largest absolute Gasteiger partial charge is 0.496 e. The number of amides is 1.